The Hall–Kier alpha value is -1.02. The molecule has 1 aromatic carbocycles. The number of rotatable bonds is 6. The van der Waals surface area contributed by atoms with Crippen LogP contribution < -0.4 is 4.74 Å². The second-order valence-electron chi connectivity index (χ2n) is 3.90. The fraction of sp³-hybridized carbons (Fsp3) is 0.538. The first kappa shape index (κ1) is 12.1. The minimum absolute atomic E-state index is 0.251. The Balaban J connectivity index is 2.22. The summed E-state index contributed by atoms with van der Waals surface area (Å²) in [6.07, 6.45) is 1.45. The average molecular weight is 208 g/mol. The number of hydrogen-bond donors (Lipinski definition) is 1. The first-order chi connectivity index (χ1) is 7.24. The van der Waals surface area contributed by atoms with Gasteiger partial charge in [0.1, 0.15) is 5.75 Å². The number of benzene rings is 1. The molecule has 0 spiro atoms. The van der Waals surface area contributed by atoms with Crippen LogP contribution in [0.15, 0.2) is 30.3 Å². The van der Waals surface area contributed by atoms with Gasteiger partial charge in [-0.05, 0) is 18.1 Å². The number of aliphatic hydroxyl groups excluding tert-OH is 1. The van der Waals surface area contributed by atoms with Gasteiger partial charge in [0.05, 0.1) is 12.7 Å². The quantitative estimate of drug-likeness (QED) is 0.779. The van der Waals surface area contributed by atoms with Crippen LogP contribution in [0.5, 0.6) is 5.75 Å². The van der Waals surface area contributed by atoms with Crippen LogP contribution in [0, 0.1) is 5.92 Å². The lowest BCUT2D eigenvalue weighted by molar-refractivity contribution is 0.0885. The second-order valence-corrected chi connectivity index (χ2v) is 3.90. The summed E-state index contributed by atoms with van der Waals surface area (Å²) in [4.78, 5) is 0. The van der Waals surface area contributed by atoms with Gasteiger partial charge in [-0.15, -0.1) is 0 Å². The standard InChI is InChI=1S/C13H20O2/c1-3-11(2)13(14)9-10-15-12-7-5-4-6-8-12/h4-8,11,13-14H,3,9-10H2,1-2H3. The van der Waals surface area contributed by atoms with Crippen LogP contribution in [0.4, 0.5) is 0 Å². The molecule has 2 atom stereocenters. The van der Waals surface area contributed by atoms with Crippen LogP contribution in [0.25, 0.3) is 0 Å². The minimum atomic E-state index is -0.251. The van der Waals surface area contributed by atoms with Crippen LogP contribution in [0.2, 0.25) is 0 Å². The van der Waals surface area contributed by atoms with Crippen molar-refractivity contribution >= 4 is 0 Å². The summed E-state index contributed by atoms with van der Waals surface area (Å²) >= 11 is 0. The van der Waals surface area contributed by atoms with E-state index in [1.54, 1.807) is 0 Å². The molecule has 1 aromatic rings. The van der Waals surface area contributed by atoms with Gasteiger partial charge >= 0.3 is 0 Å². The van der Waals surface area contributed by atoms with Gasteiger partial charge in [0.2, 0.25) is 0 Å². The van der Waals surface area contributed by atoms with E-state index in [9.17, 15) is 5.11 Å². The van der Waals surface area contributed by atoms with Crippen molar-refractivity contribution in [2.75, 3.05) is 6.61 Å². The molecule has 15 heavy (non-hydrogen) atoms. The fourth-order valence-corrected chi connectivity index (χ4v) is 1.37. The molecular weight excluding hydrogens is 188 g/mol. The Bertz CT molecular complexity index is 258. The summed E-state index contributed by atoms with van der Waals surface area (Å²) in [5, 5.41) is 9.72. The first-order valence-corrected chi connectivity index (χ1v) is 5.60. The largest absolute Gasteiger partial charge is 0.493 e. The molecule has 84 valence electrons. The molecule has 2 nitrogen and oxygen atoms in total. The molecule has 0 aliphatic carbocycles. The Morgan fingerprint density at radius 2 is 1.93 bits per heavy atom. The summed E-state index contributed by atoms with van der Waals surface area (Å²) in [5.41, 5.74) is 0. The summed E-state index contributed by atoms with van der Waals surface area (Å²) in [6.45, 7) is 4.73. The average Bonchev–Trinajstić information content (AvgIpc) is 2.29. The van der Waals surface area contributed by atoms with Gasteiger partial charge in [-0.2, -0.15) is 0 Å². The Morgan fingerprint density at radius 3 is 2.53 bits per heavy atom. The molecular formula is C13H20O2. The Labute approximate surface area is 91.9 Å². The van der Waals surface area contributed by atoms with Gasteiger partial charge in [0.15, 0.2) is 0 Å². The van der Waals surface area contributed by atoms with Crippen molar-refractivity contribution in [2.24, 2.45) is 5.92 Å². The summed E-state index contributed by atoms with van der Waals surface area (Å²) in [7, 11) is 0. The highest BCUT2D eigenvalue weighted by Gasteiger charge is 2.11. The predicted octanol–water partition coefficient (Wildman–Crippen LogP) is 2.86. The zero-order chi connectivity index (χ0) is 11.1. The van der Waals surface area contributed by atoms with Gasteiger partial charge in [0.25, 0.3) is 0 Å². The normalized spacial score (nSPS) is 14.6. The zero-order valence-corrected chi connectivity index (χ0v) is 9.52. The van der Waals surface area contributed by atoms with Crippen LogP contribution in [0.3, 0.4) is 0 Å². The molecule has 0 saturated heterocycles. The van der Waals surface area contributed by atoms with E-state index in [-0.39, 0.29) is 6.10 Å². The van der Waals surface area contributed by atoms with Crippen molar-refractivity contribution < 1.29 is 9.84 Å². The van der Waals surface area contributed by atoms with Crippen LogP contribution in [-0.2, 0) is 0 Å². The highest BCUT2D eigenvalue weighted by Crippen LogP contribution is 2.13. The molecule has 0 saturated carbocycles. The molecule has 1 N–H and O–H groups in total. The summed E-state index contributed by atoms with van der Waals surface area (Å²) < 4.78 is 5.51. The van der Waals surface area contributed by atoms with E-state index in [0.717, 1.165) is 12.2 Å². The maximum absolute atomic E-state index is 9.72. The fourth-order valence-electron chi connectivity index (χ4n) is 1.37. The number of aliphatic hydroxyl groups is 1. The highest BCUT2D eigenvalue weighted by molar-refractivity contribution is 5.20. The van der Waals surface area contributed by atoms with Gasteiger partial charge in [-0.1, -0.05) is 38.5 Å². The van der Waals surface area contributed by atoms with Crippen molar-refractivity contribution in [1.29, 1.82) is 0 Å². The molecule has 0 fully saturated rings. The van der Waals surface area contributed by atoms with Crippen molar-refractivity contribution in [2.45, 2.75) is 32.8 Å². The van der Waals surface area contributed by atoms with E-state index in [0.29, 0.717) is 18.9 Å². The van der Waals surface area contributed by atoms with E-state index in [4.69, 9.17) is 4.74 Å². The Morgan fingerprint density at radius 1 is 1.27 bits per heavy atom. The number of ether oxygens (including phenoxy) is 1. The third kappa shape index (κ3) is 4.34. The van der Waals surface area contributed by atoms with Crippen LogP contribution in [0.1, 0.15) is 26.7 Å². The molecule has 0 bridgehead atoms. The monoisotopic (exact) mass is 208 g/mol. The number of para-hydroxylation sites is 1. The molecule has 0 aliphatic heterocycles. The van der Waals surface area contributed by atoms with E-state index in [1.165, 1.54) is 0 Å². The smallest absolute Gasteiger partial charge is 0.119 e. The van der Waals surface area contributed by atoms with Crippen molar-refractivity contribution in [3.8, 4) is 5.75 Å². The molecule has 1 rings (SSSR count). The summed E-state index contributed by atoms with van der Waals surface area (Å²) in [5.74, 6) is 1.22. The third-order valence-electron chi connectivity index (χ3n) is 2.73. The van der Waals surface area contributed by atoms with Crippen molar-refractivity contribution in [3.63, 3.8) is 0 Å². The van der Waals surface area contributed by atoms with Gasteiger partial charge in [0, 0.05) is 6.42 Å². The summed E-state index contributed by atoms with van der Waals surface area (Å²) in [6, 6.07) is 9.70. The minimum Gasteiger partial charge on any atom is -0.493 e. The Kier molecular flexibility index (Phi) is 5.19. The SMILES string of the molecule is CCC(C)C(O)CCOc1ccccc1. The molecule has 0 aromatic heterocycles. The van der Waals surface area contributed by atoms with Crippen LogP contribution in [-0.4, -0.2) is 17.8 Å². The van der Waals surface area contributed by atoms with E-state index in [2.05, 4.69) is 13.8 Å². The number of hydrogen-bond acceptors (Lipinski definition) is 2. The molecule has 2 unspecified atom stereocenters. The third-order valence-corrected chi connectivity index (χ3v) is 2.73. The predicted molar refractivity (Wildman–Crippen MR) is 62.0 cm³/mol. The molecule has 0 heterocycles. The lowest BCUT2D eigenvalue weighted by Crippen LogP contribution is -2.19. The van der Waals surface area contributed by atoms with Crippen molar-refractivity contribution in [1.82, 2.24) is 0 Å². The molecule has 0 radical (unpaired) electrons. The van der Waals surface area contributed by atoms with Gasteiger partial charge in [-0.25, -0.2) is 0 Å². The maximum Gasteiger partial charge on any atom is 0.119 e. The second kappa shape index (κ2) is 6.46. The van der Waals surface area contributed by atoms with E-state index >= 15 is 0 Å². The van der Waals surface area contributed by atoms with E-state index < -0.39 is 0 Å². The topological polar surface area (TPSA) is 29.5 Å². The molecule has 0 aliphatic rings. The highest BCUT2D eigenvalue weighted by atomic mass is 16.5. The van der Waals surface area contributed by atoms with Gasteiger partial charge < -0.3 is 9.84 Å². The molecule has 0 amide bonds. The molecule has 2 heteroatoms. The van der Waals surface area contributed by atoms with E-state index in [1.807, 2.05) is 30.3 Å². The maximum atomic E-state index is 9.72. The lowest BCUT2D eigenvalue weighted by atomic mass is 10.00. The van der Waals surface area contributed by atoms with Crippen LogP contribution >= 0.6 is 0 Å². The first-order valence-electron chi connectivity index (χ1n) is 5.60. The van der Waals surface area contributed by atoms with Gasteiger partial charge in [-0.3, -0.25) is 0 Å². The lowest BCUT2D eigenvalue weighted by Gasteiger charge is -2.17. The zero-order valence-electron chi connectivity index (χ0n) is 9.52. The van der Waals surface area contributed by atoms with Crippen molar-refractivity contribution in [3.05, 3.63) is 30.3 Å².